The fourth-order valence-electron chi connectivity index (χ4n) is 1.19. The van der Waals surface area contributed by atoms with Gasteiger partial charge in [-0.25, -0.2) is 6.08 Å². The van der Waals surface area contributed by atoms with E-state index in [1.54, 1.807) is 21.3 Å². The Labute approximate surface area is 124 Å². The smallest absolute Gasteiger partial charge is 0.375 e. The second-order valence-electron chi connectivity index (χ2n) is 2.37. The topological polar surface area (TPSA) is 27.7 Å². The van der Waals surface area contributed by atoms with Crippen molar-refractivity contribution in [2.24, 2.45) is 0 Å². The van der Waals surface area contributed by atoms with Gasteiger partial charge in [0, 0.05) is 47.5 Å². The molecule has 0 spiro atoms. The van der Waals surface area contributed by atoms with Crippen LogP contribution in [-0.2, 0) is 39.5 Å². The molecule has 0 heterocycles. The summed E-state index contributed by atoms with van der Waals surface area (Å²) < 4.78 is 15.8. The van der Waals surface area contributed by atoms with Gasteiger partial charge in [0.2, 0.25) is 0 Å². The van der Waals surface area contributed by atoms with Crippen molar-refractivity contribution in [2.75, 3.05) is 21.3 Å². The first-order chi connectivity index (χ1) is 5.79. The van der Waals surface area contributed by atoms with Crippen LogP contribution in [0.2, 0.25) is 0 Å². The van der Waals surface area contributed by atoms with Crippen LogP contribution in [0.25, 0.3) is 0 Å². The molecule has 3 nitrogen and oxygen atoms in total. The molecule has 0 amide bonds. The molecule has 0 aromatic rings. The van der Waals surface area contributed by atoms with E-state index >= 15 is 0 Å². The monoisotopic (exact) mass is 347 g/mol. The maximum absolute atomic E-state index is 5.26. The first kappa shape index (κ1) is 21.3. The van der Waals surface area contributed by atoms with Gasteiger partial charge in [0.05, 0.1) is 0 Å². The maximum atomic E-state index is 5.26. The third-order valence-corrected chi connectivity index (χ3v) is 4.45. The van der Waals surface area contributed by atoms with Gasteiger partial charge in [0.15, 0.2) is 0 Å². The second-order valence-corrected chi connectivity index (χ2v) is 5.24. The van der Waals surface area contributed by atoms with E-state index in [1.807, 2.05) is 12.2 Å². The predicted molar refractivity (Wildman–Crippen MR) is 61.8 cm³/mol. The summed E-state index contributed by atoms with van der Waals surface area (Å²) in [7, 11) is 2.23. The van der Waals surface area contributed by atoms with Crippen LogP contribution in [0, 0.1) is 6.08 Å². The molecule has 0 aromatic heterocycles. The van der Waals surface area contributed by atoms with Gasteiger partial charge in [0.25, 0.3) is 0 Å². The molecule has 1 aliphatic carbocycles. The molecule has 0 atom stereocenters. The fourth-order valence-corrected chi connectivity index (χ4v) is 3.00. The SMILES string of the molecule is CO[Si](OC)(OC)C1=[C-]CC=C1.Cl.Cl.[Zr]. The second kappa shape index (κ2) is 10.2. The third-order valence-electron chi connectivity index (χ3n) is 1.83. The summed E-state index contributed by atoms with van der Waals surface area (Å²) in [4.78, 5) is 0. The van der Waals surface area contributed by atoms with Gasteiger partial charge in [-0.05, 0) is 0 Å². The summed E-state index contributed by atoms with van der Waals surface area (Å²) >= 11 is 0. The minimum absolute atomic E-state index is 0. The van der Waals surface area contributed by atoms with Crippen molar-refractivity contribution in [1.82, 2.24) is 0 Å². The fraction of sp³-hybridized carbons (Fsp3) is 0.500. The van der Waals surface area contributed by atoms with Crippen molar-refractivity contribution in [3.63, 3.8) is 0 Å². The largest absolute Gasteiger partial charge is 0.498 e. The van der Waals surface area contributed by atoms with Gasteiger partial charge in [-0.3, -0.25) is 6.08 Å². The third kappa shape index (κ3) is 4.82. The van der Waals surface area contributed by atoms with Crippen LogP contribution in [0.15, 0.2) is 17.3 Å². The van der Waals surface area contributed by atoms with E-state index in [0.717, 1.165) is 11.6 Å². The zero-order valence-electron chi connectivity index (χ0n) is 8.90. The Balaban J connectivity index is -0.000000480. The Hall–Kier alpha value is 1.04. The normalized spacial score (nSPS) is 13.4. The molecule has 88 valence electrons. The van der Waals surface area contributed by atoms with Crippen molar-refractivity contribution in [2.45, 2.75) is 6.42 Å². The van der Waals surface area contributed by atoms with E-state index in [4.69, 9.17) is 13.3 Å². The van der Waals surface area contributed by atoms with Gasteiger partial charge in [0.1, 0.15) is 0 Å². The molecule has 15 heavy (non-hydrogen) atoms. The molecule has 0 N–H and O–H groups in total. The molecule has 0 saturated carbocycles. The van der Waals surface area contributed by atoms with Gasteiger partial charge >= 0.3 is 8.80 Å². The number of hydrogen-bond acceptors (Lipinski definition) is 3. The van der Waals surface area contributed by atoms with Gasteiger partial charge in [-0.15, -0.1) is 31.2 Å². The van der Waals surface area contributed by atoms with Crippen LogP contribution in [0.4, 0.5) is 0 Å². The van der Waals surface area contributed by atoms with E-state index < -0.39 is 8.80 Å². The molecule has 1 rings (SSSR count). The zero-order chi connectivity index (χ0) is 9.03. The van der Waals surface area contributed by atoms with Crippen molar-refractivity contribution in [1.29, 1.82) is 0 Å². The standard InChI is InChI=1S/C8H13O3Si.2ClH.Zr/c1-9-12(10-2,11-3)8-6-4-5-7-8;;;/h4,6H,5H2,1-3H3;2*1H;/q-1;;;. The Morgan fingerprint density at radius 3 is 1.87 bits per heavy atom. The predicted octanol–water partition coefficient (Wildman–Crippen LogP) is 1.93. The van der Waals surface area contributed by atoms with Crippen LogP contribution in [0.5, 0.6) is 0 Å². The molecule has 0 unspecified atom stereocenters. The average molecular weight is 349 g/mol. The quantitative estimate of drug-likeness (QED) is 0.573. The summed E-state index contributed by atoms with van der Waals surface area (Å²) in [5.41, 5.74) is 0. The van der Waals surface area contributed by atoms with E-state index in [2.05, 4.69) is 6.08 Å². The molecule has 0 fully saturated rings. The van der Waals surface area contributed by atoms with Crippen LogP contribution in [-0.4, -0.2) is 30.1 Å². The molecule has 0 radical (unpaired) electrons. The Morgan fingerprint density at radius 1 is 1.13 bits per heavy atom. The molecule has 1 aliphatic rings. The minimum Gasteiger partial charge on any atom is -0.375 e. The Kier molecular flexibility index (Phi) is 14.5. The summed E-state index contributed by atoms with van der Waals surface area (Å²) in [6.45, 7) is 0. The first-order valence-corrected chi connectivity index (χ1v) is 5.45. The van der Waals surface area contributed by atoms with E-state index in [0.29, 0.717) is 0 Å². The first-order valence-electron chi connectivity index (χ1n) is 3.72. The molecule has 0 saturated heterocycles. The summed E-state index contributed by atoms with van der Waals surface area (Å²) in [5, 5.41) is 0.926. The summed E-state index contributed by atoms with van der Waals surface area (Å²) in [6.07, 6.45) is 7.92. The van der Waals surface area contributed by atoms with Crippen molar-refractivity contribution in [3.8, 4) is 0 Å². The van der Waals surface area contributed by atoms with Gasteiger partial charge in [-0.2, -0.15) is 11.3 Å². The van der Waals surface area contributed by atoms with E-state index in [9.17, 15) is 0 Å². The van der Waals surface area contributed by atoms with E-state index in [-0.39, 0.29) is 51.0 Å². The maximum Gasteiger partial charge on any atom is 0.498 e. The Bertz CT molecular complexity index is 212. The molecular weight excluding hydrogens is 334 g/mol. The average Bonchev–Trinajstić information content (AvgIpc) is 2.62. The van der Waals surface area contributed by atoms with Crippen LogP contribution >= 0.6 is 24.8 Å². The van der Waals surface area contributed by atoms with Crippen molar-refractivity contribution in [3.05, 3.63) is 23.4 Å². The number of hydrogen-bond donors (Lipinski definition) is 0. The molecule has 0 aromatic carbocycles. The van der Waals surface area contributed by atoms with Crippen LogP contribution in [0.1, 0.15) is 6.42 Å². The van der Waals surface area contributed by atoms with Crippen LogP contribution < -0.4 is 0 Å². The molecule has 0 bridgehead atoms. The minimum atomic E-state index is -2.57. The number of halogens is 2. The molecule has 0 aliphatic heterocycles. The van der Waals surface area contributed by atoms with Crippen LogP contribution in [0.3, 0.4) is 0 Å². The number of rotatable bonds is 4. The van der Waals surface area contributed by atoms with Crippen molar-refractivity contribution < 1.29 is 39.5 Å². The Morgan fingerprint density at radius 2 is 1.60 bits per heavy atom. The van der Waals surface area contributed by atoms with Crippen molar-refractivity contribution >= 4 is 33.6 Å². The van der Waals surface area contributed by atoms with E-state index in [1.165, 1.54) is 0 Å². The van der Waals surface area contributed by atoms with Gasteiger partial charge < -0.3 is 13.3 Å². The number of allylic oxidation sites excluding steroid dienone is 4. The van der Waals surface area contributed by atoms with Gasteiger partial charge in [-0.1, -0.05) is 0 Å². The molecule has 7 heteroatoms. The molecular formula is C8H15Cl2O3SiZr-. The summed E-state index contributed by atoms with van der Waals surface area (Å²) in [6, 6.07) is 0. The summed E-state index contributed by atoms with van der Waals surface area (Å²) in [5.74, 6) is 0. The zero-order valence-corrected chi connectivity index (χ0v) is 14.0.